The van der Waals surface area contributed by atoms with E-state index in [0.717, 1.165) is 19.3 Å². The maximum atomic E-state index is 12.7. The second-order valence-electron chi connectivity index (χ2n) is 5.07. The lowest BCUT2D eigenvalue weighted by atomic mass is 10.0. The minimum absolute atomic E-state index is 0.0257. The Bertz CT molecular complexity index is 577. The summed E-state index contributed by atoms with van der Waals surface area (Å²) in [7, 11) is -4.60. The molecule has 21 heavy (non-hydrogen) atoms. The zero-order valence-corrected chi connectivity index (χ0v) is 12.6. The summed E-state index contributed by atoms with van der Waals surface area (Å²) in [6.45, 7) is 2.60. The van der Waals surface area contributed by atoms with Crippen LogP contribution in [0.5, 0.6) is 0 Å². The van der Waals surface area contributed by atoms with Crippen molar-refractivity contribution in [3.8, 4) is 0 Å². The molecule has 0 bridgehead atoms. The third kappa shape index (κ3) is 3.71. The topological polar surface area (TPSA) is 55.4 Å². The number of ether oxygens (including phenoxy) is 1. The summed E-state index contributed by atoms with van der Waals surface area (Å²) in [4.78, 5) is -0.348. The van der Waals surface area contributed by atoms with Gasteiger partial charge in [0.2, 0.25) is 9.84 Å². The summed E-state index contributed by atoms with van der Waals surface area (Å²) in [6, 6.07) is 5.83. The average Bonchev–Trinajstić information content (AvgIpc) is 2.47. The van der Waals surface area contributed by atoms with Crippen molar-refractivity contribution in [3.05, 3.63) is 24.3 Å². The fraction of sp³-hybridized carbons (Fsp3) is 0.571. The largest absolute Gasteiger partial charge is 0.381 e. The minimum Gasteiger partial charge on any atom is -0.381 e. The fourth-order valence-electron chi connectivity index (χ4n) is 2.45. The van der Waals surface area contributed by atoms with E-state index in [4.69, 9.17) is 4.74 Å². The number of sulfone groups is 1. The zero-order valence-electron chi connectivity index (χ0n) is 11.8. The maximum Gasteiger partial charge on any atom is 0.341 e. The highest BCUT2D eigenvalue weighted by molar-refractivity contribution is 7.91. The van der Waals surface area contributed by atoms with Crippen LogP contribution < -0.4 is 5.32 Å². The molecule has 2 unspecified atom stereocenters. The number of para-hydroxylation sites is 1. The van der Waals surface area contributed by atoms with Crippen molar-refractivity contribution in [1.29, 1.82) is 0 Å². The van der Waals surface area contributed by atoms with Gasteiger partial charge in [-0.3, -0.25) is 0 Å². The van der Waals surface area contributed by atoms with E-state index < -0.39 is 15.6 Å². The first kappa shape index (κ1) is 16.2. The lowest BCUT2D eigenvalue weighted by molar-refractivity contribution is 0.00922. The SMILES string of the molecule is CCC1CC(Nc2ccccc2S(=O)(=O)C(F)F)CCO1. The standard InChI is InChI=1S/C14H19F2NO3S/c1-2-11-9-10(7-8-20-11)17-12-5-3-4-6-13(12)21(18,19)14(15)16/h3-6,10-11,14,17H,2,7-9H2,1H3. The number of hydrogen-bond donors (Lipinski definition) is 1. The third-order valence-corrected chi connectivity index (χ3v) is 5.05. The molecule has 0 saturated carbocycles. The first-order valence-electron chi connectivity index (χ1n) is 6.94. The van der Waals surface area contributed by atoms with Gasteiger partial charge in [0.15, 0.2) is 0 Å². The number of alkyl halides is 2. The fourth-order valence-corrected chi connectivity index (χ4v) is 3.34. The Morgan fingerprint density at radius 2 is 2.10 bits per heavy atom. The van der Waals surface area contributed by atoms with Crippen LogP contribution in [0.1, 0.15) is 26.2 Å². The molecule has 118 valence electrons. The van der Waals surface area contributed by atoms with Crippen molar-refractivity contribution < 1.29 is 21.9 Å². The molecule has 4 nitrogen and oxygen atoms in total. The van der Waals surface area contributed by atoms with E-state index in [2.05, 4.69) is 5.32 Å². The summed E-state index contributed by atoms with van der Waals surface area (Å²) in [5.74, 6) is -3.42. The van der Waals surface area contributed by atoms with Crippen molar-refractivity contribution in [1.82, 2.24) is 0 Å². The van der Waals surface area contributed by atoms with Crippen molar-refractivity contribution in [3.63, 3.8) is 0 Å². The lowest BCUT2D eigenvalue weighted by Crippen LogP contribution is -2.34. The van der Waals surface area contributed by atoms with Gasteiger partial charge in [0.1, 0.15) is 0 Å². The van der Waals surface area contributed by atoms with Gasteiger partial charge >= 0.3 is 5.76 Å². The maximum absolute atomic E-state index is 12.7. The molecule has 1 N–H and O–H groups in total. The van der Waals surface area contributed by atoms with E-state index in [1.165, 1.54) is 18.2 Å². The van der Waals surface area contributed by atoms with Gasteiger partial charge in [0.25, 0.3) is 0 Å². The summed E-state index contributed by atoms with van der Waals surface area (Å²) in [6.07, 6.45) is 2.45. The molecule has 1 heterocycles. The van der Waals surface area contributed by atoms with E-state index in [-0.39, 0.29) is 22.7 Å². The van der Waals surface area contributed by atoms with Crippen LogP contribution >= 0.6 is 0 Å². The van der Waals surface area contributed by atoms with Gasteiger partial charge in [-0.15, -0.1) is 0 Å². The Kier molecular flexibility index (Phi) is 5.16. The monoisotopic (exact) mass is 319 g/mol. The summed E-state index contributed by atoms with van der Waals surface area (Å²) >= 11 is 0. The van der Waals surface area contributed by atoms with Gasteiger partial charge in [-0.1, -0.05) is 19.1 Å². The number of halogens is 2. The molecule has 0 amide bonds. The van der Waals surface area contributed by atoms with E-state index in [0.29, 0.717) is 6.61 Å². The average molecular weight is 319 g/mol. The second-order valence-corrected chi connectivity index (χ2v) is 6.95. The van der Waals surface area contributed by atoms with Gasteiger partial charge in [0, 0.05) is 12.6 Å². The first-order valence-corrected chi connectivity index (χ1v) is 8.49. The van der Waals surface area contributed by atoms with E-state index in [1.54, 1.807) is 6.07 Å². The van der Waals surface area contributed by atoms with Gasteiger partial charge in [-0.25, -0.2) is 8.42 Å². The summed E-state index contributed by atoms with van der Waals surface area (Å²) in [5, 5.41) is 3.08. The number of hydrogen-bond acceptors (Lipinski definition) is 4. The molecule has 2 rings (SSSR count). The van der Waals surface area contributed by atoms with Crippen LogP contribution in [0.2, 0.25) is 0 Å². The van der Waals surface area contributed by atoms with E-state index in [1.807, 2.05) is 6.92 Å². The molecular formula is C14H19F2NO3S. The molecule has 0 aliphatic carbocycles. The van der Waals surface area contributed by atoms with Crippen LogP contribution in [0.4, 0.5) is 14.5 Å². The highest BCUT2D eigenvalue weighted by atomic mass is 32.2. The molecular weight excluding hydrogens is 300 g/mol. The van der Waals surface area contributed by atoms with Crippen molar-refractivity contribution in [2.24, 2.45) is 0 Å². The highest BCUT2D eigenvalue weighted by Crippen LogP contribution is 2.28. The number of nitrogens with one attached hydrogen (secondary N) is 1. The molecule has 2 atom stereocenters. The smallest absolute Gasteiger partial charge is 0.341 e. The normalized spacial score (nSPS) is 23.2. The quantitative estimate of drug-likeness (QED) is 0.906. The molecule has 1 aliphatic rings. The minimum atomic E-state index is -4.60. The molecule has 0 radical (unpaired) electrons. The Morgan fingerprint density at radius 3 is 2.76 bits per heavy atom. The van der Waals surface area contributed by atoms with Crippen LogP contribution in [0.15, 0.2) is 29.2 Å². The molecule has 0 aromatic heterocycles. The van der Waals surface area contributed by atoms with Gasteiger partial charge in [-0.05, 0) is 31.4 Å². The van der Waals surface area contributed by atoms with Crippen molar-refractivity contribution in [2.45, 2.75) is 49.0 Å². The number of rotatable bonds is 5. The molecule has 1 fully saturated rings. The van der Waals surface area contributed by atoms with Crippen molar-refractivity contribution in [2.75, 3.05) is 11.9 Å². The predicted octanol–water partition coefficient (Wildman–Crippen LogP) is 3.05. The second kappa shape index (κ2) is 6.70. The highest BCUT2D eigenvalue weighted by Gasteiger charge is 2.30. The Balaban J connectivity index is 2.21. The molecule has 0 spiro atoms. The van der Waals surface area contributed by atoms with Crippen LogP contribution in [0.3, 0.4) is 0 Å². The van der Waals surface area contributed by atoms with Gasteiger partial charge < -0.3 is 10.1 Å². The third-order valence-electron chi connectivity index (χ3n) is 3.61. The number of benzene rings is 1. The van der Waals surface area contributed by atoms with Crippen LogP contribution in [0, 0.1) is 0 Å². The lowest BCUT2D eigenvalue weighted by Gasteiger charge is -2.30. The zero-order chi connectivity index (χ0) is 15.5. The molecule has 1 aromatic rings. The summed E-state index contributed by atoms with van der Waals surface area (Å²) in [5.41, 5.74) is 0.236. The van der Waals surface area contributed by atoms with Crippen LogP contribution in [-0.2, 0) is 14.6 Å². The molecule has 1 aliphatic heterocycles. The van der Waals surface area contributed by atoms with E-state index >= 15 is 0 Å². The van der Waals surface area contributed by atoms with E-state index in [9.17, 15) is 17.2 Å². The van der Waals surface area contributed by atoms with Crippen LogP contribution in [-0.4, -0.2) is 32.9 Å². The Morgan fingerprint density at radius 1 is 1.38 bits per heavy atom. The van der Waals surface area contributed by atoms with Gasteiger partial charge in [0.05, 0.1) is 16.7 Å². The predicted molar refractivity (Wildman–Crippen MR) is 76.3 cm³/mol. The molecule has 1 saturated heterocycles. The Labute approximate surface area is 123 Å². The van der Waals surface area contributed by atoms with Crippen LogP contribution in [0.25, 0.3) is 0 Å². The first-order chi connectivity index (χ1) is 9.95. The molecule has 1 aromatic carbocycles. The van der Waals surface area contributed by atoms with Crippen molar-refractivity contribution >= 4 is 15.5 Å². The summed E-state index contributed by atoms with van der Waals surface area (Å²) < 4.78 is 54.4. The molecule has 7 heteroatoms. The Hall–Kier alpha value is -1.21. The number of anilines is 1. The van der Waals surface area contributed by atoms with Gasteiger partial charge in [-0.2, -0.15) is 8.78 Å².